The third-order valence-corrected chi connectivity index (χ3v) is 4.19. The van der Waals surface area contributed by atoms with E-state index in [1.165, 1.54) is 31.6 Å². The van der Waals surface area contributed by atoms with Crippen molar-refractivity contribution < 1.29 is 0 Å². The molecule has 0 bridgehead atoms. The Morgan fingerprint density at radius 3 is 2.80 bits per heavy atom. The maximum atomic E-state index is 6.04. The van der Waals surface area contributed by atoms with Gasteiger partial charge in [0.15, 0.2) is 0 Å². The van der Waals surface area contributed by atoms with Gasteiger partial charge in [0, 0.05) is 54.7 Å². The summed E-state index contributed by atoms with van der Waals surface area (Å²) in [6, 6.07) is 6.08. The zero-order valence-electron chi connectivity index (χ0n) is 12.0. The molecule has 0 atom stereocenters. The molecule has 2 heterocycles. The highest BCUT2D eigenvalue weighted by molar-refractivity contribution is 6.00. The SMILES string of the molecule is CN(CCN1CCCC1)c1ccc(N)c2ccncc12. The molecule has 2 N–H and O–H groups in total. The first kappa shape index (κ1) is 13.2. The highest BCUT2D eigenvalue weighted by atomic mass is 15.2. The Morgan fingerprint density at radius 2 is 2.00 bits per heavy atom. The third kappa shape index (κ3) is 2.56. The summed E-state index contributed by atoms with van der Waals surface area (Å²) in [6.45, 7) is 4.66. The number of hydrogen-bond acceptors (Lipinski definition) is 4. The van der Waals surface area contributed by atoms with Crippen LogP contribution in [0.15, 0.2) is 30.6 Å². The van der Waals surface area contributed by atoms with Gasteiger partial charge < -0.3 is 15.5 Å². The van der Waals surface area contributed by atoms with Gasteiger partial charge in [-0.05, 0) is 44.1 Å². The number of rotatable bonds is 4. The van der Waals surface area contributed by atoms with Crippen LogP contribution in [0.2, 0.25) is 0 Å². The average molecular weight is 270 g/mol. The van der Waals surface area contributed by atoms with Crippen molar-refractivity contribution in [1.82, 2.24) is 9.88 Å². The molecule has 1 saturated heterocycles. The van der Waals surface area contributed by atoms with Gasteiger partial charge in [-0.25, -0.2) is 0 Å². The van der Waals surface area contributed by atoms with Crippen LogP contribution in [-0.4, -0.2) is 43.1 Å². The lowest BCUT2D eigenvalue weighted by atomic mass is 10.1. The average Bonchev–Trinajstić information content (AvgIpc) is 2.99. The molecule has 106 valence electrons. The highest BCUT2D eigenvalue weighted by Crippen LogP contribution is 2.29. The fraction of sp³-hybridized carbons (Fsp3) is 0.438. The minimum absolute atomic E-state index is 0.819. The minimum Gasteiger partial charge on any atom is -0.398 e. The number of nitrogens with zero attached hydrogens (tertiary/aromatic N) is 3. The van der Waals surface area contributed by atoms with Crippen LogP contribution in [0.3, 0.4) is 0 Å². The van der Waals surface area contributed by atoms with Gasteiger partial charge in [0.2, 0.25) is 0 Å². The van der Waals surface area contributed by atoms with Crippen LogP contribution in [0.1, 0.15) is 12.8 Å². The Bertz CT molecular complexity index is 590. The molecule has 3 rings (SSSR count). The molecule has 1 aromatic carbocycles. The standard InChI is InChI=1S/C16H22N4/c1-19(10-11-20-8-2-3-9-20)16-5-4-15(17)13-6-7-18-12-14(13)16/h4-7,12H,2-3,8-11,17H2,1H3. The van der Waals surface area contributed by atoms with Crippen molar-refractivity contribution in [1.29, 1.82) is 0 Å². The maximum absolute atomic E-state index is 6.04. The quantitative estimate of drug-likeness (QED) is 0.866. The predicted molar refractivity (Wildman–Crippen MR) is 85.1 cm³/mol. The number of benzene rings is 1. The van der Waals surface area contributed by atoms with Gasteiger partial charge in [-0.15, -0.1) is 0 Å². The van der Waals surface area contributed by atoms with E-state index in [0.29, 0.717) is 0 Å². The number of nitrogen functional groups attached to an aromatic ring is 1. The number of hydrogen-bond donors (Lipinski definition) is 1. The fourth-order valence-electron chi connectivity index (χ4n) is 2.95. The Labute approximate surface area is 120 Å². The molecule has 1 fully saturated rings. The molecule has 0 saturated carbocycles. The molecule has 0 aliphatic carbocycles. The summed E-state index contributed by atoms with van der Waals surface area (Å²) in [5.41, 5.74) is 8.07. The van der Waals surface area contributed by atoms with Crippen LogP contribution in [0.4, 0.5) is 11.4 Å². The van der Waals surface area contributed by atoms with E-state index in [0.717, 1.165) is 29.5 Å². The Balaban J connectivity index is 1.80. The normalized spacial score (nSPS) is 15.8. The van der Waals surface area contributed by atoms with E-state index >= 15 is 0 Å². The van der Waals surface area contributed by atoms with E-state index in [1.54, 1.807) is 6.20 Å². The molecule has 4 nitrogen and oxygen atoms in total. The van der Waals surface area contributed by atoms with Crippen molar-refractivity contribution in [2.75, 3.05) is 43.9 Å². The summed E-state index contributed by atoms with van der Waals surface area (Å²) in [5, 5.41) is 2.22. The van der Waals surface area contributed by atoms with Gasteiger partial charge in [-0.1, -0.05) is 0 Å². The summed E-state index contributed by atoms with van der Waals surface area (Å²) >= 11 is 0. The van der Waals surface area contributed by atoms with Crippen molar-refractivity contribution in [3.05, 3.63) is 30.6 Å². The minimum atomic E-state index is 0.819. The molecule has 4 heteroatoms. The summed E-state index contributed by atoms with van der Waals surface area (Å²) in [7, 11) is 2.15. The Morgan fingerprint density at radius 1 is 1.20 bits per heavy atom. The molecule has 1 aliphatic heterocycles. The van der Waals surface area contributed by atoms with Crippen molar-refractivity contribution in [3.8, 4) is 0 Å². The number of likely N-dealkylation sites (N-methyl/N-ethyl adjacent to an activating group) is 1. The molecule has 1 aromatic heterocycles. The van der Waals surface area contributed by atoms with E-state index in [2.05, 4.69) is 27.9 Å². The fourth-order valence-corrected chi connectivity index (χ4v) is 2.95. The predicted octanol–water partition coefficient (Wildman–Crippen LogP) is 2.35. The maximum Gasteiger partial charge on any atom is 0.0460 e. The molecule has 0 unspecified atom stereocenters. The first-order valence-electron chi connectivity index (χ1n) is 7.31. The molecule has 20 heavy (non-hydrogen) atoms. The second-order valence-electron chi connectivity index (χ2n) is 5.57. The van der Waals surface area contributed by atoms with E-state index in [1.807, 2.05) is 18.3 Å². The Hall–Kier alpha value is -1.81. The van der Waals surface area contributed by atoms with Gasteiger partial charge in [0.05, 0.1) is 0 Å². The molecular weight excluding hydrogens is 248 g/mol. The van der Waals surface area contributed by atoms with Crippen molar-refractivity contribution in [2.24, 2.45) is 0 Å². The molecule has 1 aliphatic rings. The van der Waals surface area contributed by atoms with Crippen LogP contribution in [0.5, 0.6) is 0 Å². The van der Waals surface area contributed by atoms with E-state index in [9.17, 15) is 0 Å². The molecule has 0 radical (unpaired) electrons. The van der Waals surface area contributed by atoms with Crippen LogP contribution in [0.25, 0.3) is 10.8 Å². The summed E-state index contributed by atoms with van der Waals surface area (Å²) in [6.07, 6.45) is 6.40. The van der Waals surface area contributed by atoms with E-state index in [-0.39, 0.29) is 0 Å². The number of nitrogens with two attached hydrogens (primary N) is 1. The van der Waals surface area contributed by atoms with Crippen LogP contribution in [0, 0.1) is 0 Å². The van der Waals surface area contributed by atoms with Crippen molar-refractivity contribution in [3.63, 3.8) is 0 Å². The number of likely N-dealkylation sites (tertiary alicyclic amines) is 1. The second kappa shape index (κ2) is 5.67. The first-order chi connectivity index (χ1) is 9.75. The number of aromatic nitrogens is 1. The van der Waals surface area contributed by atoms with Crippen LogP contribution >= 0.6 is 0 Å². The zero-order chi connectivity index (χ0) is 13.9. The highest BCUT2D eigenvalue weighted by Gasteiger charge is 2.13. The van der Waals surface area contributed by atoms with Crippen molar-refractivity contribution in [2.45, 2.75) is 12.8 Å². The van der Waals surface area contributed by atoms with Gasteiger partial charge in [-0.3, -0.25) is 4.98 Å². The number of fused-ring (bicyclic) bond motifs is 1. The summed E-state index contributed by atoms with van der Waals surface area (Å²) in [4.78, 5) is 9.09. The monoisotopic (exact) mass is 270 g/mol. The smallest absolute Gasteiger partial charge is 0.0460 e. The number of pyridine rings is 1. The lowest BCUT2D eigenvalue weighted by Gasteiger charge is -2.24. The van der Waals surface area contributed by atoms with Gasteiger partial charge in [0.25, 0.3) is 0 Å². The Kier molecular flexibility index (Phi) is 3.74. The van der Waals surface area contributed by atoms with E-state index in [4.69, 9.17) is 5.73 Å². The summed E-state index contributed by atoms with van der Waals surface area (Å²) < 4.78 is 0. The second-order valence-corrected chi connectivity index (χ2v) is 5.57. The van der Waals surface area contributed by atoms with Gasteiger partial charge >= 0.3 is 0 Å². The molecule has 0 spiro atoms. The largest absolute Gasteiger partial charge is 0.398 e. The molecular formula is C16H22N4. The van der Waals surface area contributed by atoms with Crippen LogP contribution in [-0.2, 0) is 0 Å². The zero-order valence-corrected chi connectivity index (χ0v) is 12.0. The van der Waals surface area contributed by atoms with Gasteiger partial charge in [-0.2, -0.15) is 0 Å². The first-order valence-corrected chi connectivity index (χ1v) is 7.31. The van der Waals surface area contributed by atoms with Crippen molar-refractivity contribution >= 4 is 22.1 Å². The molecule has 2 aromatic rings. The summed E-state index contributed by atoms with van der Waals surface area (Å²) in [5.74, 6) is 0. The van der Waals surface area contributed by atoms with Crippen LogP contribution < -0.4 is 10.6 Å². The third-order valence-electron chi connectivity index (χ3n) is 4.19. The van der Waals surface area contributed by atoms with Gasteiger partial charge in [0.1, 0.15) is 0 Å². The molecule has 0 amide bonds. The topological polar surface area (TPSA) is 45.4 Å². The lowest BCUT2D eigenvalue weighted by molar-refractivity contribution is 0.347. The van der Waals surface area contributed by atoms with E-state index < -0.39 is 0 Å². The lowest BCUT2D eigenvalue weighted by Crippen LogP contribution is -2.31. The number of anilines is 2.